The van der Waals surface area contributed by atoms with Crippen molar-refractivity contribution in [2.75, 3.05) is 13.1 Å². The smallest absolute Gasteiger partial charge is 0.303 e. The van der Waals surface area contributed by atoms with E-state index in [9.17, 15) is 13.2 Å². The van der Waals surface area contributed by atoms with E-state index in [1.165, 1.54) is 4.31 Å². The molecule has 1 heterocycles. The lowest BCUT2D eigenvalue weighted by molar-refractivity contribution is -0.139. The van der Waals surface area contributed by atoms with E-state index in [1.54, 1.807) is 12.1 Å². The van der Waals surface area contributed by atoms with Crippen LogP contribution in [-0.2, 0) is 21.2 Å². The highest BCUT2D eigenvalue weighted by Crippen LogP contribution is 2.27. The van der Waals surface area contributed by atoms with Crippen molar-refractivity contribution in [2.45, 2.75) is 31.1 Å². The Bertz CT molecular complexity index is 574. The second kappa shape index (κ2) is 5.93. The Hall–Kier alpha value is -1.40. The van der Waals surface area contributed by atoms with Crippen molar-refractivity contribution >= 4 is 16.0 Å². The third-order valence-corrected chi connectivity index (χ3v) is 5.33. The summed E-state index contributed by atoms with van der Waals surface area (Å²) in [5.41, 5.74) is 1.12. The molecule has 1 aromatic carbocycles. The largest absolute Gasteiger partial charge is 0.481 e. The summed E-state index contributed by atoms with van der Waals surface area (Å²) in [7, 11) is -3.46. The molecular formula is C14H19NO4S. The number of aliphatic carboxylic acids is 1. The zero-order valence-electron chi connectivity index (χ0n) is 11.4. The molecule has 1 aliphatic heterocycles. The molecule has 1 N–H and O–H groups in total. The first-order valence-corrected chi connectivity index (χ1v) is 8.18. The number of hydrogen-bond acceptors (Lipinski definition) is 3. The van der Waals surface area contributed by atoms with E-state index < -0.39 is 16.0 Å². The molecule has 0 bridgehead atoms. The molecule has 2 rings (SSSR count). The van der Waals surface area contributed by atoms with Crippen molar-refractivity contribution in [3.05, 3.63) is 29.8 Å². The molecule has 0 saturated carbocycles. The fourth-order valence-corrected chi connectivity index (χ4v) is 3.95. The summed E-state index contributed by atoms with van der Waals surface area (Å²) in [5, 5.41) is 8.67. The molecule has 1 aromatic rings. The fraction of sp³-hybridized carbons (Fsp3) is 0.500. The lowest BCUT2D eigenvalue weighted by Gasteiger charge is -2.37. The zero-order chi connectivity index (χ0) is 14.8. The maximum Gasteiger partial charge on any atom is 0.303 e. The SMILES string of the molecule is CCCc1ccc(S(=O)(=O)N2CC(CC(=O)O)C2)cc1. The molecule has 0 unspecified atom stereocenters. The van der Waals surface area contributed by atoms with Crippen molar-refractivity contribution in [2.24, 2.45) is 5.92 Å². The monoisotopic (exact) mass is 297 g/mol. The summed E-state index contributed by atoms with van der Waals surface area (Å²) in [4.78, 5) is 10.8. The minimum absolute atomic E-state index is 0.0292. The van der Waals surface area contributed by atoms with Crippen LogP contribution in [0, 0.1) is 5.92 Å². The van der Waals surface area contributed by atoms with Crippen LogP contribution in [-0.4, -0.2) is 36.9 Å². The van der Waals surface area contributed by atoms with Crippen LogP contribution in [0.2, 0.25) is 0 Å². The number of hydrogen-bond donors (Lipinski definition) is 1. The van der Waals surface area contributed by atoms with Crippen LogP contribution in [0.25, 0.3) is 0 Å². The predicted molar refractivity (Wildman–Crippen MR) is 74.9 cm³/mol. The van der Waals surface area contributed by atoms with E-state index in [4.69, 9.17) is 5.11 Å². The lowest BCUT2D eigenvalue weighted by atomic mass is 10.00. The van der Waals surface area contributed by atoms with Crippen LogP contribution in [0.3, 0.4) is 0 Å². The topological polar surface area (TPSA) is 74.7 Å². The molecule has 6 heteroatoms. The Morgan fingerprint density at radius 3 is 2.40 bits per heavy atom. The van der Waals surface area contributed by atoms with E-state index in [0.29, 0.717) is 13.1 Å². The van der Waals surface area contributed by atoms with Gasteiger partial charge in [-0.2, -0.15) is 4.31 Å². The predicted octanol–water partition coefficient (Wildman–Crippen LogP) is 1.73. The molecule has 20 heavy (non-hydrogen) atoms. The van der Waals surface area contributed by atoms with Crippen LogP contribution in [0.4, 0.5) is 0 Å². The van der Waals surface area contributed by atoms with E-state index in [2.05, 4.69) is 6.92 Å². The molecule has 0 aliphatic carbocycles. The number of benzene rings is 1. The third-order valence-electron chi connectivity index (χ3n) is 3.49. The second-order valence-electron chi connectivity index (χ2n) is 5.18. The number of carboxylic acids is 1. The Morgan fingerprint density at radius 2 is 1.90 bits per heavy atom. The second-order valence-corrected chi connectivity index (χ2v) is 7.12. The molecule has 0 radical (unpaired) electrons. The van der Waals surface area contributed by atoms with Crippen molar-refractivity contribution in [1.29, 1.82) is 0 Å². The maximum absolute atomic E-state index is 12.3. The summed E-state index contributed by atoms with van der Waals surface area (Å²) >= 11 is 0. The van der Waals surface area contributed by atoms with Crippen molar-refractivity contribution < 1.29 is 18.3 Å². The first-order valence-electron chi connectivity index (χ1n) is 6.74. The highest BCUT2D eigenvalue weighted by molar-refractivity contribution is 7.89. The molecule has 0 amide bonds. The van der Waals surface area contributed by atoms with Gasteiger partial charge in [0.05, 0.1) is 11.3 Å². The quantitative estimate of drug-likeness (QED) is 0.868. The van der Waals surface area contributed by atoms with Crippen LogP contribution >= 0.6 is 0 Å². The van der Waals surface area contributed by atoms with E-state index >= 15 is 0 Å². The Morgan fingerprint density at radius 1 is 1.30 bits per heavy atom. The number of sulfonamides is 1. The van der Waals surface area contributed by atoms with E-state index in [0.717, 1.165) is 18.4 Å². The molecule has 0 aromatic heterocycles. The van der Waals surface area contributed by atoms with Gasteiger partial charge in [-0.05, 0) is 30.0 Å². The molecule has 1 fully saturated rings. The van der Waals surface area contributed by atoms with Gasteiger partial charge in [-0.25, -0.2) is 8.42 Å². The van der Waals surface area contributed by atoms with Gasteiger partial charge < -0.3 is 5.11 Å². The average molecular weight is 297 g/mol. The van der Waals surface area contributed by atoms with Gasteiger partial charge >= 0.3 is 5.97 Å². The van der Waals surface area contributed by atoms with Gasteiger partial charge in [-0.1, -0.05) is 25.5 Å². The average Bonchev–Trinajstić information content (AvgIpc) is 2.34. The summed E-state index contributed by atoms with van der Waals surface area (Å²) in [5.74, 6) is -0.947. The van der Waals surface area contributed by atoms with Gasteiger partial charge in [-0.3, -0.25) is 4.79 Å². The van der Waals surface area contributed by atoms with Gasteiger partial charge in [-0.15, -0.1) is 0 Å². The molecule has 1 aliphatic rings. The molecular weight excluding hydrogens is 278 g/mol. The minimum Gasteiger partial charge on any atom is -0.481 e. The first-order chi connectivity index (χ1) is 9.43. The number of carbonyl (C=O) groups is 1. The van der Waals surface area contributed by atoms with Crippen LogP contribution < -0.4 is 0 Å². The Labute approximate surface area is 119 Å². The number of nitrogens with zero attached hydrogens (tertiary/aromatic N) is 1. The highest BCUT2D eigenvalue weighted by atomic mass is 32.2. The molecule has 5 nitrogen and oxygen atoms in total. The summed E-state index contributed by atoms with van der Waals surface area (Å²) in [6.45, 7) is 2.67. The van der Waals surface area contributed by atoms with Crippen molar-refractivity contribution in [3.63, 3.8) is 0 Å². The number of carboxylic acid groups (broad SMARTS) is 1. The van der Waals surface area contributed by atoms with E-state index in [1.807, 2.05) is 12.1 Å². The first kappa shape index (κ1) is 15.0. The summed E-state index contributed by atoms with van der Waals surface area (Å²) in [6.07, 6.45) is 1.99. The van der Waals surface area contributed by atoms with Crippen LogP contribution in [0.1, 0.15) is 25.3 Å². The number of rotatable bonds is 6. The standard InChI is InChI=1S/C14H19NO4S/c1-2-3-11-4-6-13(7-5-11)20(18,19)15-9-12(10-15)8-14(16)17/h4-7,12H,2-3,8-10H2,1H3,(H,16,17). The Balaban J connectivity index is 2.03. The molecule has 0 spiro atoms. The van der Waals surface area contributed by atoms with Crippen molar-refractivity contribution in [3.8, 4) is 0 Å². The Kier molecular flexibility index (Phi) is 4.45. The molecule has 1 saturated heterocycles. The highest BCUT2D eigenvalue weighted by Gasteiger charge is 2.37. The number of aryl methyl sites for hydroxylation is 1. The van der Waals surface area contributed by atoms with Crippen molar-refractivity contribution in [1.82, 2.24) is 4.31 Å². The minimum atomic E-state index is -3.46. The van der Waals surface area contributed by atoms with Crippen LogP contribution in [0.5, 0.6) is 0 Å². The van der Waals surface area contributed by atoms with Gasteiger partial charge in [0, 0.05) is 13.1 Å². The summed E-state index contributed by atoms with van der Waals surface area (Å²) in [6, 6.07) is 6.94. The third kappa shape index (κ3) is 3.19. The normalized spacial score (nSPS) is 16.9. The molecule has 0 atom stereocenters. The van der Waals surface area contributed by atoms with Gasteiger partial charge in [0.15, 0.2) is 0 Å². The van der Waals surface area contributed by atoms with E-state index in [-0.39, 0.29) is 17.2 Å². The lowest BCUT2D eigenvalue weighted by Crippen LogP contribution is -2.50. The van der Waals surface area contributed by atoms with Crippen LogP contribution in [0.15, 0.2) is 29.2 Å². The summed E-state index contributed by atoms with van der Waals surface area (Å²) < 4.78 is 25.9. The molecule has 110 valence electrons. The van der Waals surface area contributed by atoms with Gasteiger partial charge in [0.1, 0.15) is 0 Å². The zero-order valence-corrected chi connectivity index (χ0v) is 12.3. The maximum atomic E-state index is 12.3. The van der Waals surface area contributed by atoms with Gasteiger partial charge in [0.25, 0.3) is 0 Å². The fourth-order valence-electron chi connectivity index (χ4n) is 2.36. The van der Waals surface area contributed by atoms with Gasteiger partial charge in [0.2, 0.25) is 10.0 Å².